The molecule has 0 aliphatic carbocycles. The lowest BCUT2D eigenvalue weighted by molar-refractivity contribution is 0.180. The van der Waals surface area contributed by atoms with Crippen LogP contribution in [0.25, 0.3) is 0 Å². The summed E-state index contributed by atoms with van der Waals surface area (Å²) in [5, 5.41) is 0. The molecule has 0 aromatic heterocycles. The van der Waals surface area contributed by atoms with Crippen LogP contribution in [0.2, 0.25) is 0 Å². The molecule has 106 valence electrons. The summed E-state index contributed by atoms with van der Waals surface area (Å²) in [5.74, 6) is -0.827. The van der Waals surface area contributed by atoms with E-state index in [0.717, 1.165) is 16.4 Å². The van der Waals surface area contributed by atoms with Crippen molar-refractivity contribution in [1.29, 1.82) is 0 Å². The molecule has 1 aromatic carbocycles. The monoisotopic (exact) mass is 352 g/mol. The van der Waals surface area contributed by atoms with Gasteiger partial charge in [0.25, 0.3) is 0 Å². The van der Waals surface area contributed by atoms with Gasteiger partial charge >= 0.3 is 0 Å². The zero-order chi connectivity index (χ0) is 14.2. The predicted molar refractivity (Wildman–Crippen MR) is 72.7 cm³/mol. The van der Waals surface area contributed by atoms with Crippen LogP contribution >= 0.6 is 15.9 Å². The molecule has 19 heavy (non-hydrogen) atoms. The normalized spacial score (nSPS) is 20.1. The SMILES string of the molecule is CN(C1CCOC1)S(=O)(=O)c1cc(N)c(Br)cc1F. The Morgan fingerprint density at radius 3 is 2.79 bits per heavy atom. The van der Waals surface area contributed by atoms with Crippen molar-refractivity contribution in [1.82, 2.24) is 4.31 Å². The predicted octanol–water partition coefficient (Wildman–Crippen LogP) is 1.58. The molecule has 1 saturated heterocycles. The standard InChI is InChI=1S/C11H14BrFN2O3S/c1-15(7-2-3-18-6-7)19(16,17)11-5-10(14)8(12)4-9(11)13/h4-5,7H,2-3,6,14H2,1H3. The van der Waals surface area contributed by atoms with Gasteiger partial charge in [-0.05, 0) is 34.5 Å². The largest absolute Gasteiger partial charge is 0.398 e. The third-order valence-electron chi connectivity index (χ3n) is 3.13. The second-order valence-corrected chi connectivity index (χ2v) is 7.16. The molecule has 8 heteroatoms. The van der Waals surface area contributed by atoms with E-state index in [1.165, 1.54) is 7.05 Å². The van der Waals surface area contributed by atoms with Crippen LogP contribution in [0.15, 0.2) is 21.5 Å². The van der Waals surface area contributed by atoms with Crippen molar-refractivity contribution in [3.05, 3.63) is 22.4 Å². The second kappa shape index (κ2) is 5.35. The number of benzene rings is 1. The Morgan fingerprint density at radius 1 is 1.53 bits per heavy atom. The lowest BCUT2D eigenvalue weighted by atomic mass is 10.3. The van der Waals surface area contributed by atoms with Gasteiger partial charge < -0.3 is 10.5 Å². The van der Waals surface area contributed by atoms with E-state index >= 15 is 0 Å². The molecule has 1 fully saturated rings. The Balaban J connectivity index is 2.41. The number of anilines is 1. The second-order valence-electron chi connectivity index (χ2n) is 4.34. The number of hydrogen-bond donors (Lipinski definition) is 1. The molecule has 1 aliphatic heterocycles. The number of nitrogens with zero attached hydrogens (tertiary/aromatic N) is 1. The number of hydrogen-bond acceptors (Lipinski definition) is 4. The van der Waals surface area contributed by atoms with Crippen LogP contribution in [-0.4, -0.2) is 39.0 Å². The highest BCUT2D eigenvalue weighted by Gasteiger charge is 2.32. The van der Waals surface area contributed by atoms with Gasteiger partial charge in [0.05, 0.1) is 12.6 Å². The number of halogens is 2. The van der Waals surface area contributed by atoms with E-state index in [2.05, 4.69) is 15.9 Å². The number of likely N-dealkylation sites (N-methyl/N-ethyl adjacent to an activating group) is 1. The van der Waals surface area contributed by atoms with E-state index in [4.69, 9.17) is 10.5 Å². The van der Waals surface area contributed by atoms with Gasteiger partial charge in [-0.2, -0.15) is 4.31 Å². The van der Waals surface area contributed by atoms with Gasteiger partial charge in [-0.1, -0.05) is 0 Å². The molecule has 0 amide bonds. The van der Waals surface area contributed by atoms with Crippen molar-refractivity contribution in [3.8, 4) is 0 Å². The smallest absolute Gasteiger partial charge is 0.246 e. The Bertz CT molecular complexity index is 588. The molecule has 0 saturated carbocycles. The maximum atomic E-state index is 13.9. The lowest BCUT2D eigenvalue weighted by Gasteiger charge is -2.23. The molecule has 0 bridgehead atoms. The number of sulfonamides is 1. The molecule has 5 nitrogen and oxygen atoms in total. The van der Waals surface area contributed by atoms with Crippen molar-refractivity contribution in [2.24, 2.45) is 0 Å². The average molecular weight is 353 g/mol. The molecule has 1 aromatic rings. The van der Waals surface area contributed by atoms with Gasteiger partial charge in [0.1, 0.15) is 10.7 Å². The summed E-state index contributed by atoms with van der Waals surface area (Å²) in [5.41, 5.74) is 5.80. The summed E-state index contributed by atoms with van der Waals surface area (Å²) in [4.78, 5) is -0.414. The zero-order valence-corrected chi connectivity index (χ0v) is 12.7. The van der Waals surface area contributed by atoms with Gasteiger partial charge in [-0.3, -0.25) is 0 Å². The fourth-order valence-corrected chi connectivity index (χ4v) is 3.67. The zero-order valence-electron chi connectivity index (χ0n) is 10.3. The van der Waals surface area contributed by atoms with E-state index < -0.39 is 20.7 Å². The van der Waals surface area contributed by atoms with Crippen LogP contribution in [0.3, 0.4) is 0 Å². The fraction of sp³-hybridized carbons (Fsp3) is 0.455. The molecule has 2 N–H and O–H groups in total. The molecular weight excluding hydrogens is 339 g/mol. The third-order valence-corrected chi connectivity index (χ3v) is 5.74. The Kier molecular flexibility index (Phi) is 4.14. The molecular formula is C11H14BrFN2O3S. The van der Waals surface area contributed by atoms with E-state index in [9.17, 15) is 12.8 Å². The first-order valence-electron chi connectivity index (χ1n) is 5.64. The van der Waals surface area contributed by atoms with Crippen LogP contribution in [0.1, 0.15) is 6.42 Å². The first kappa shape index (κ1) is 14.7. The van der Waals surface area contributed by atoms with Crippen LogP contribution < -0.4 is 5.73 Å². The van der Waals surface area contributed by atoms with Crippen molar-refractivity contribution < 1.29 is 17.5 Å². The molecule has 1 atom stereocenters. The first-order valence-corrected chi connectivity index (χ1v) is 7.87. The third kappa shape index (κ3) is 2.76. The number of nitrogen functional groups attached to an aromatic ring is 1. The highest BCUT2D eigenvalue weighted by Crippen LogP contribution is 2.29. The quantitative estimate of drug-likeness (QED) is 0.838. The summed E-state index contributed by atoms with van der Waals surface area (Å²) in [6, 6.07) is 1.91. The topological polar surface area (TPSA) is 72.6 Å². The Morgan fingerprint density at radius 2 is 2.21 bits per heavy atom. The van der Waals surface area contributed by atoms with Crippen molar-refractivity contribution in [2.45, 2.75) is 17.4 Å². The molecule has 2 rings (SSSR count). The van der Waals surface area contributed by atoms with Gasteiger partial charge in [-0.15, -0.1) is 0 Å². The Labute approximate surface area is 119 Å². The van der Waals surface area contributed by atoms with E-state index in [0.29, 0.717) is 24.1 Å². The minimum atomic E-state index is -3.91. The molecule has 0 spiro atoms. The highest BCUT2D eigenvalue weighted by molar-refractivity contribution is 9.10. The summed E-state index contributed by atoms with van der Waals surface area (Å²) in [6.45, 7) is 0.832. The maximum Gasteiger partial charge on any atom is 0.246 e. The summed E-state index contributed by atoms with van der Waals surface area (Å²) in [7, 11) is -2.49. The average Bonchev–Trinajstić information content (AvgIpc) is 2.86. The molecule has 1 aliphatic rings. The van der Waals surface area contributed by atoms with Crippen molar-refractivity contribution in [3.63, 3.8) is 0 Å². The van der Waals surface area contributed by atoms with Gasteiger partial charge in [0.2, 0.25) is 10.0 Å². The maximum absolute atomic E-state index is 13.9. The molecule has 0 radical (unpaired) electrons. The minimum Gasteiger partial charge on any atom is -0.398 e. The first-order chi connectivity index (χ1) is 8.84. The lowest BCUT2D eigenvalue weighted by Crippen LogP contribution is -2.37. The van der Waals surface area contributed by atoms with Crippen LogP contribution in [0, 0.1) is 5.82 Å². The number of nitrogens with two attached hydrogens (primary N) is 1. The summed E-state index contributed by atoms with van der Waals surface area (Å²) >= 11 is 3.06. The van der Waals surface area contributed by atoms with E-state index in [1.807, 2.05) is 0 Å². The van der Waals surface area contributed by atoms with E-state index in [-0.39, 0.29) is 11.7 Å². The Hall–Kier alpha value is -0.700. The fourth-order valence-electron chi connectivity index (χ4n) is 1.90. The van der Waals surface area contributed by atoms with Crippen molar-refractivity contribution >= 4 is 31.6 Å². The van der Waals surface area contributed by atoms with Crippen molar-refractivity contribution in [2.75, 3.05) is 26.0 Å². The molecule has 1 heterocycles. The summed E-state index contributed by atoms with van der Waals surface area (Å²) < 4.78 is 45.2. The van der Waals surface area contributed by atoms with E-state index in [1.54, 1.807) is 0 Å². The number of ether oxygens (including phenoxy) is 1. The highest BCUT2D eigenvalue weighted by atomic mass is 79.9. The van der Waals surface area contributed by atoms with Gasteiger partial charge in [0.15, 0.2) is 0 Å². The van der Waals surface area contributed by atoms with Crippen LogP contribution in [0.4, 0.5) is 10.1 Å². The van der Waals surface area contributed by atoms with Crippen LogP contribution in [-0.2, 0) is 14.8 Å². The number of rotatable bonds is 3. The van der Waals surface area contributed by atoms with Crippen LogP contribution in [0.5, 0.6) is 0 Å². The summed E-state index contributed by atoms with van der Waals surface area (Å²) in [6.07, 6.45) is 0.601. The molecule has 1 unspecified atom stereocenters. The van der Waals surface area contributed by atoms with Gasteiger partial charge in [0, 0.05) is 23.8 Å². The minimum absolute atomic E-state index is 0.177. The van der Waals surface area contributed by atoms with Gasteiger partial charge in [-0.25, -0.2) is 12.8 Å².